The number of hydrogen-bond acceptors (Lipinski definition) is 3. The molecule has 0 aliphatic heterocycles. The molecular formula is C13H20N2O2. The summed E-state index contributed by atoms with van der Waals surface area (Å²) >= 11 is 0. The minimum Gasteiger partial charge on any atom is -0.508 e. The molecule has 1 amide bonds. The highest BCUT2D eigenvalue weighted by Crippen LogP contribution is 2.11. The Bertz CT molecular complexity index is 349. The van der Waals surface area contributed by atoms with Gasteiger partial charge in [0.15, 0.2) is 0 Å². The lowest BCUT2D eigenvalue weighted by Crippen LogP contribution is -2.36. The van der Waals surface area contributed by atoms with Gasteiger partial charge in [-0.25, -0.2) is 0 Å². The molecule has 1 unspecified atom stereocenters. The minimum atomic E-state index is 0.00137. The Kier molecular flexibility index (Phi) is 5.49. The maximum absolute atomic E-state index is 11.0. The monoisotopic (exact) mass is 236 g/mol. The Morgan fingerprint density at radius 3 is 2.59 bits per heavy atom. The summed E-state index contributed by atoms with van der Waals surface area (Å²) in [6.45, 7) is 2.41. The van der Waals surface area contributed by atoms with E-state index >= 15 is 0 Å². The van der Waals surface area contributed by atoms with E-state index in [1.807, 2.05) is 12.1 Å². The van der Waals surface area contributed by atoms with Crippen LogP contribution in [0, 0.1) is 0 Å². The van der Waals surface area contributed by atoms with Gasteiger partial charge < -0.3 is 15.7 Å². The van der Waals surface area contributed by atoms with Gasteiger partial charge in [-0.15, -0.1) is 0 Å². The SMILES string of the molecule is CNC(=O)CNC(C)CCc1ccc(O)cc1. The lowest BCUT2D eigenvalue weighted by atomic mass is 10.1. The molecule has 0 spiro atoms. The first-order valence-electron chi connectivity index (χ1n) is 5.83. The van der Waals surface area contributed by atoms with Crippen LogP contribution in [0.1, 0.15) is 18.9 Å². The number of hydrogen-bond donors (Lipinski definition) is 3. The van der Waals surface area contributed by atoms with Crippen molar-refractivity contribution in [1.29, 1.82) is 0 Å². The van der Waals surface area contributed by atoms with Gasteiger partial charge in [0, 0.05) is 13.1 Å². The van der Waals surface area contributed by atoms with Gasteiger partial charge in [0.2, 0.25) is 5.91 Å². The molecule has 0 bridgehead atoms. The van der Waals surface area contributed by atoms with Crippen molar-refractivity contribution < 1.29 is 9.90 Å². The molecule has 1 atom stereocenters. The summed E-state index contributed by atoms with van der Waals surface area (Å²) in [6, 6.07) is 7.51. The molecule has 17 heavy (non-hydrogen) atoms. The lowest BCUT2D eigenvalue weighted by Gasteiger charge is -2.13. The number of benzene rings is 1. The highest BCUT2D eigenvalue weighted by molar-refractivity contribution is 5.77. The third-order valence-electron chi connectivity index (χ3n) is 2.69. The van der Waals surface area contributed by atoms with Crippen LogP contribution in [-0.2, 0) is 11.2 Å². The first kappa shape index (κ1) is 13.5. The standard InChI is InChI=1S/C13H20N2O2/c1-10(15-9-13(17)14-2)3-4-11-5-7-12(16)8-6-11/h5-8,10,15-16H,3-4,9H2,1-2H3,(H,14,17). The Morgan fingerprint density at radius 1 is 1.35 bits per heavy atom. The van der Waals surface area contributed by atoms with Gasteiger partial charge in [-0.1, -0.05) is 12.1 Å². The maximum Gasteiger partial charge on any atom is 0.233 e. The average Bonchev–Trinajstić information content (AvgIpc) is 2.35. The quantitative estimate of drug-likeness (QED) is 0.692. The van der Waals surface area contributed by atoms with E-state index in [0.29, 0.717) is 18.3 Å². The summed E-state index contributed by atoms with van der Waals surface area (Å²) in [6.07, 6.45) is 1.89. The van der Waals surface area contributed by atoms with E-state index in [9.17, 15) is 4.79 Å². The molecule has 3 N–H and O–H groups in total. The molecular weight excluding hydrogens is 216 g/mol. The summed E-state index contributed by atoms with van der Waals surface area (Å²) in [5.74, 6) is 0.293. The van der Waals surface area contributed by atoms with Gasteiger partial charge >= 0.3 is 0 Å². The molecule has 0 aliphatic rings. The molecule has 1 aromatic rings. The second-order valence-electron chi connectivity index (χ2n) is 4.16. The van der Waals surface area contributed by atoms with Crippen LogP contribution in [0.15, 0.2) is 24.3 Å². The van der Waals surface area contributed by atoms with Gasteiger partial charge in [0.05, 0.1) is 6.54 Å². The first-order chi connectivity index (χ1) is 8.11. The molecule has 4 nitrogen and oxygen atoms in total. The van der Waals surface area contributed by atoms with Crippen molar-refractivity contribution >= 4 is 5.91 Å². The zero-order chi connectivity index (χ0) is 12.7. The maximum atomic E-state index is 11.0. The van der Waals surface area contributed by atoms with Crippen LogP contribution in [0.2, 0.25) is 0 Å². The smallest absolute Gasteiger partial charge is 0.233 e. The van der Waals surface area contributed by atoms with Crippen molar-refractivity contribution in [3.63, 3.8) is 0 Å². The third kappa shape index (κ3) is 5.36. The van der Waals surface area contributed by atoms with Crippen molar-refractivity contribution in [2.24, 2.45) is 0 Å². The topological polar surface area (TPSA) is 61.4 Å². The molecule has 0 aliphatic carbocycles. The van der Waals surface area contributed by atoms with Crippen LogP contribution >= 0.6 is 0 Å². The van der Waals surface area contributed by atoms with E-state index in [1.165, 1.54) is 5.56 Å². The molecule has 0 fully saturated rings. The summed E-state index contributed by atoms with van der Waals surface area (Å²) in [7, 11) is 1.63. The number of rotatable bonds is 6. The van der Waals surface area contributed by atoms with E-state index in [0.717, 1.165) is 12.8 Å². The Labute approximate surface area is 102 Å². The van der Waals surface area contributed by atoms with E-state index < -0.39 is 0 Å². The number of carbonyl (C=O) groups excluding carboxylic acids is 1. The van der Waals surface area contributed by atoms with Crippen molar-refractivity contribution in [2.45, 2.75) is 25.8 Å². The van der Waals surface area contributed by atoms with Crippen LogP contribution in [0.4, 0.5) is 0 Å². The molecule has 0 saturated carbocycles. The normalized spacial score (nSPS) is 12.1. The van der Waals surface area contributed by atoms with Crippen molar-refractivity contribution in [3.8, 4) is 5.75 Å². The fourth-order valence-electron chi connectivity index (χ4n) is 1.50. The van der Waals surface area contributed by atoms with Gasteiger partial charge in [0.25, 0.3) is 0 Å². The molecule has 0 saturated heterocycles. The Morgan fingerprint density at radius 2 is 2.00 bits per heavy atom. The van der Waals surface area contributed by atoms with Crippen molar-refractivity contribution in [1.82, 2.24) is 10.6 Å². The predicted molar refractivity (Wildman–Crippen MR) is 68.0 cm³/mol. The largest absolute Gasteiger partial charge is 0.508 e. The lowest BCUT2D eigenvalue weighted by molar-refractivity contribution is -0.119. The molecule has 0 radical (unpaired) electrons. The fourth-order valence-corrected chi connectivity index (χ4v) is 1.50. The van der Waals surface area contributed by atoms with Crippen molar-refractivity contribution in [2.75, 3.05) is 13.6 Å². The fraction of sp³-hybridized carbons (Fsp3) is 0.462. The Balaban J connectivity index is 2.25. The predicted octanol–water partition coefficient (Wildman–Crippen LogP) is 1.05. The number of amides is 1. The van der Waals surface area contributed by atoms with Crippen LogP contribution in [-0.4, -0.2) is 30.6 Å². The minimum absolute atomic E-state index is 0.00137. The number of likely N-dealkylation sites (N-methyl/N-ethyl adjacent to an activating group) is 1. The molecule has 4 heteroatoms. The molecule has 0 heterocycles. The van der Waals surface area contributed by atoms with Gasteiger partial charge in [-0.05, 0) is 37.5 Å². The van der Waals surface area contributed by atoms with E-state index in [2.05, 4.69) is 17.6 Å². The summed E-state index contributed by atoms with van der Waals surface area (Å²) in [4.78, 5) is 11.0. The number of phenols is 1. The van der Waals surface area contributed by atoms with Crippen LogP contribution in [0.25, 0.3) is 0 Å². The number of carbonyl (C=O) groups is 1. The van der Waals surface area contributed by atoms with Gasteiger partial charge in [0.1, 0.15) is 5.75 Å². The summed E-state index contributed by atoms with van der Waals surface area (Å²) < 4.78 is 0. The van der Waals surface area contributed by atoms with Crippen molar-refractivity contribution in [3.05, 3.63) is 29.8 Å². The molecule has 1 aromatic carbocycles. The van der Waals surface area contributed by atoms with Gasteiger partial charge in [-0.2, -0.15) is 0 Å². The molecule has 94 valence electrons. The number of aromatic hydroxyl groups is 1. The highest BCUT2D eigenvalue weighted by atomic mass is 16.3. The summed E-state index contributed by atoms with van der Waals surface area (Å²) in [5, 5.41) is 14.9. The highest BCUT2D eigenvalue weighted by Gasteiger charge is 2.04. The van der Waals surface area contributed by atoms with E-state index in [4.69, 9.17) is 5.11 Å². The number of phenolic OH excluding ortho intramolecular Hbond substituents is 1. The van der Waals surface area contributed by atoms with E-state index in [1.54, 1.807) is 19.2 Å². The molecule has 1 rings (SSSR count). The Hall–Kier alpha value is -1.55. The van der Waals surface area contributed by atoms with Crippen LogP contribution < -0.4 is 10.6 Å². The summed E-state index contributed by atoms with van der Waals surface area (Å²) in [5.41, 5.74) is 1.19. The third-order valence-corrected chi connectivity index (χ3v) is 2.69. The zero-order valence-corrected chi connectivity index (χ0v) is 10.4. The van der Waals surface area contributed by atoms with Crippen LogP contribution in [0.3, 0.4) is 0 Å². The zero-order valence-electron chi connectivity index (χ0n) is 10.4. The van der Waals surface area contributed by atoms with Gasteiger partial charge in [-0.3, -0.25) is 4.79 Å². The van der Waals surface area contributed by atoms with E-state index in [-0.39, 0.29) is 5.91 Å². The van der Waals surface area contributed by atoms with Crippen LogP contribution in [0.5, 0.6) is 5.75 Å². The first-order valence-corrected chi connectivity index (χ1v) is 5.83. The number of nitrogens with one attached hydrogen (secondary N) is 2. The second kappa shape index (κ2) is 6.91. The average molecular weight is 236 g/mol. The number of aryl methyl sites for hydroxylation is 1. The molecule has 0 aromatic heterocycles. The second-order valence-corrected chi connectivity index (χ2v) is 4.16.